The highest BCUT2D eigenvalue weighted by Crippen LogP contribution is 2.43. The molecule has 0 aromatic heterocycles. The van der Waals surface area contributed by atoms with Gasteiger partial charge < -0.3 is 29.4 Å². The Hall–Kier alpha value is -3.86. The number of aliphatic hydroxyl groups excluding tert-OH is 1. The monoisotopic (exact) mass is 736 g/mol. The van der Waals surface area contributed by atoms with Crippen molar-refractivity contribution in [1.29, 1.82) is 0 Å². The van der Waals surface area contributed by atoms with Gasteiger partial charge in [-0.05, 0) is 65.7 Å². The van der Waals surface area contributed by atoms with Crippen molar-refractivity contribution in [1.82, 2.24) is 5.32 Å². The van der Waals surface area contributed by atoms with E-state index in [1.807, 2.05) is 91.0 Å². The zero-order chi connectivity index (χ0) is 31.8. The maximum atomic E-state index is 14.6. The molecule has 234 valence electrons. The van der Waals surface area contributed by atoms with Gasteiger partial charge in [0.1, 0.15) is 5.75 Å². The van der Waals surface area contributed by atoms with E-state index in [4.69, 9.17) is 29.0 Å². The normalized spacial score (nSPS) is 17.3. The Bertz CT molecular complexity index is 1630. The molecule has 1 aliphatic heterocycles. The van der Waals surface area contributed by atoms with Gasteiger partial charge >= 0.3 is 0 Å². The van der Waals surface area contributed by atoms with Crippen LogP contribution in [0.15, 0.2) is 105 Å². The number of nitrogens with zero attached hydrogens (tertiary/aromatic N) is 1. The summed E-state index contributed by atoms with van der Waals surface area (Å²) in [6, 6.07) is 28.6. The summed E-state index contributed by atoms with van der Waals surface area (Å²) in [5, 5.41) is 12.2. The SMILES string of the molecule is COc1cccc(CNC(=O)[C@]2(Cc3ccc(Br)cc3)N=C(c3ccc(OCCCO)cc3)O[C@@H]2c2ccc(Br)cc2)c1OC. The molecule has 0 saturated heterocycles. The van der Waals surface area contributed by atoms with Gasteiger partial charge in [-0.1, -0.05) is 68.3 Å². The number of carbonyl (C=O) groups excluding carboxylic acids is 1. The van der Waals surface area contributed by atoms with Gasteiger partial charge in [-0.15, -0.1) is 0 Å². The van der Waals surface area contributed by atoms with Gasteiger partial charge in [0, 0.05) is 46.1 Å². The number of amides is 1. The van der Waals surface area contributed by atoms with Crippen LogP contribution in [0.1, 0.15) is 34.8 Å². The second-order valence-corrected chi connectivity index (χ2v) is 12.3. The molecule has 1 aliphatic rings. The van der Waals surface area contributed by atoms with E-state index in [0.29, 0.717) is 41.7 Å². The molecule has 10 heteroatoms. The minimum Gasteiger partial charge on any atom is -0.494 e. The van der Waals surface area contributed by atoms with E-state index >= 15 is 0 Å². The Morgan fingerprint density at radius 1 is 0.933 bits per heavy atom. The van der Waals surface area contributed by atoms with Gasteiger partial charge in [-0.2, -0.15) is 0 Å². The second kappa shape index (κ2) is 14.9. The van der Waals surface area contributed by atoms with Crippen LogP contribution in [0.25, 0.3) is 0 Å². The number of nitrogens with one attached hydrogen (secondary N) is 1. The molecule has 2 atom stereocenters. The first-order chi connectivity index (χ1) is 21.9. The molecule has 0 radical (unpaired) electrons. The van der Waals surface area contributed by atoms with E-state index in [2.05, 4.69) is 37.2 Å². The summed E-state index contributed by atoms with van der Waals surface area (Å²) in [5.41, 5.74) is 1.87. The molecule has 45 heavy (non-hydrogen) atoms. The second-order valence-electron chi connectivity index (χ2n) is 10.5. The molecule has 4 aromatic rings. The van der Waals surface area contributed by atoms with Crippen LogP contribution in [-0.2, 0) is 22.5 Å². The van der Waals surface area contributed by atoms with Crippen molar-refractivity contribution in [3.63, 3.8) is 0 Å². The molecular formula is C35H34Br2N2O6. The third kappa shape index (κ3) is 7.52. The molecule has 0 fully saturated rings. The third-order valence-corrected chi connectivity index (χ3v) is 8.57. The predicted molar refractivity (Wildman–Crippen MR) is 180 cm³/mol. The van der Waals surface area contributed by atoms with Crippen LogP contribution < -0.4 is 19.5 Å². The zero-order valence-electron chi connectivity index (χ0n) is 25.0. The fourth-order valence-corrected chi connectivity index (χ4v) is 5.78. The number of carbonyl (C=O) groups is 1. The number of aliphatic imine (C=N–C) groups is 1. The Morgan fingerprint density at radius 3 is 2.27 bits per heavy atom. The summed E-state index contributed by atoms with van der Waals surface area (Å²) in [6.07, 6.45) is 0.104. The molecule has 0 bridgehead atoms. The van der Waals surface area contributed by atoms with E-state index in [-0.39, 0.29) is 25.5 Å². The fourth-order valence-electron chi connectivity index (χ4n) is 5.25. The van der Waals surface area contributed by atoms with Crippen molar-refractivity contribution in [2.24, 2.45) is 4.99 Å². The zero-order valence-corrected chi connectivity index (χ0v) is 28.1. The number of para-hydroxylation sites is 1. The summed E-state index contributed by atoms with van der Waals surface area (Å²) < 4.78 is 25.3. The lowest BCUT2D eigenvalue weighted by Crippen LogP contribution is -2.49. The largest absolute Gasteiger partial charge is 0.494 e. The van der Waals surface area contributed by atoms with E-state index in [0.717, 1.165) is 25.6 Å². The highest BCUT2D eigenvalue weighted by atomic mass is 79.9. The number of hydrogen-bond donors (Lipinski definition) is 2. The van der Waals surface area contributed by atoms with Gasteiger partial charge in [0.25, 0.3) is 5.91 Å². The van der Waals surface area contributed by atoms with E-state index in [1.165, 1.54) is 0 Å². The quantitative estimate of drug-likeness (QED) is 0.147. The van der Waals surface area contributed by atoms with E-state index in [1.54, 1.807) is 14.2 Å². The summed E-state index contributed by atoms with van der Waals surface area (Å²) in [6.45, 7) is 0.667. The van der Waals surface area contributed by atoms with Gasteiger partial charge in [0.2, 0.25) is 5.90 Å². The first-order valence-corrected chi connectivity index (χ1v) is 16.0. The average Bonchev–Trinajstić information content (AvgIpc) is 3.45. The highest BCUT2D eigenvalue weighted by molar-refractivity contribution is 9.10. The maximum absolute atomic E-state index is 14.6. The van der Waals surface area contributed by atoms with Gasteiger partial charge in [-0.25, -0.2) is 4.99 Å². The van der Waals surface area contributed by atoms with Crippen molar-refractivity contribution in [3.8, 4) is 17.2 Å². The van der Waals surface area contributed by atoms with Gasteiger partial charge in [0.05, 0.1) is 20.8 Å². The molecule has 2 N–H and O–H groups in total. The molecule has 0 aliphatic carbocycles. The number of methoxy groups -OCH3 is 2. The first kappa shape index (κ1) is 32.5. The third-order valence-electron chi connectivity index (χ3n) is 7.51. The Labute approximate surface area is 279 Å². The average molecular weight is 738 g/mol. The van der Waals surface area contributed by atoms with Crippen molar-refractivity contribution >= 4 is 43.7 Å². The predicted octanol–water partition coefficient (Wildman–Crippen LogP) is 6.81. The number of ether oxygens (including phenoxy) is 4. The lowest BCUT2D eigenvalue weighted by molar-refractivity contribution is -0.129. The van der Waals surface area contributed by atoms with Crippen LogP contribution in [-0.4, -0.2) is 49.9 Å². The van der Waals surface area contributed by atoms with Crippen LogP contribution in [0.2, 0.25) is 0 Å². The van der Waals surface area contributed by atoms with Crippen molar-refractivity contribution in [2.75, 3.05) is 27.4 Å². The number of hydrogen-bond acceptors (Lipinski definition) is 7. The summed E-state index contributed by atoms with van der Waals surface area (Å²) in [7, 11) is 3.15. The van der Waals surface area contributed by atoms with Crippen molar-refractivity contribution in [2.45, 2.75) is 31.0 Å². The van der Waals surface area contributed by atoms with Crippen molar-refractivity contribution < 1.29 is 28.8 Å². The molecule has 5 rings (SSSR count). The smallest absolute Gasteiger partial charge is 0.252 e. The van der Waals surface area contributed by atoms with Gasteiger partial charge in [-0.3, -0.25) is 4.79 Å². The van der Waals surface area contributed by atoms with E-state index in [9.17, 15) is 4.79 Å². The Morgan fingerprint density at radius 2 is 1.62 bits per heavy atom. The maximum Gasteiger partial charge on any atom is 0.252 e. The lowest BCUT2D eigenvalue weighted by atomic mass is 9.82. The van der Waals surface area contributed by atoms with Gasteiger partial charge in [0.15, 0.2) is 23.1 Å². The molecule has 4 aromatic carbocycles. The molecule has 0 unspecified atom stereocenters. The first-order valence-electron chi connectivity index (χ1n) is 14.5. The lowest BCUT2D eigenvalue weighted by Gasteiger charge is -2.31. The highest BCUT2D eigenvalue weighted by Gasteiger charge is 2.53. The number of halogens is 2. The number of benzene rings is 4. The van der Waals surface area contributed by atoms with Crippen LogP contribution in [0, 0.1) is 0 Å². The number of rotatable bonds is 13. The standard InChI is InChI=1S/C35H34Br2N2O6/c1-42-30-6-3-5-26(31(30)43-2)22-38-34(41)35(21-23-7-13-27(36)14-8-23)32(24-9-15-28(37)16-10-24)45-33(39-35)25-11-17-29(18-12-25)44-20-4-19-40/h3,5-18,32,40H,4,19-22H2,1-2H3,(H,38,41)/t32-,35-/m1/s1. The van der Waals surface area contributed by atoms with Crippen LogP contribution in [0.4, 0.5) is 0 Å². The molecular weight excluding hydrogens is 704 g/mol. The summed E-state index contributed by atoms with van der Waals surface area (Å²) in [4.78, 5) is 19.7. The summed E-state index contributed by atoms with van der Waals surface area (Å²) in [5.74, 6) is 1.87. The fraction of sp³-hybridized carbons (Fsp3) is 0.257. The minimum absolute atomic E-state index is 0.0628. The summed E-state index contributed by atoms with van der Waals surface area (Å²) >= 11 is 7.04. The molecule has 1 heterocycles. The minimum atomic E-state index is -1.35. The van der Waals surface area contributed by atoms with Crippen LogP contribution >= 0.6 is 31.9 Å². The molecule has 0 spiro atoms. The molecule has 1 amide bonds. The Balaban J connectivity index is 1.56. The molecule has 8 nitrogen and oxygen atoms in total. The van der Waals surface area contributed by atoms with Crippen LogP contribution in [0.5, 0.6) is 17.2 Å². The van der Waals surface area contributed by atoms with Crippen molar-refractivity contribution in [3.05, 3.63) is 122 Å². The van der Waals surface area contributed by atoms with E-state index < -0.39 is 11.6 Å². The number of aliphatic hydroxyl groups is 1. The topological polar surface area (TPSA) is 98.6 Å². The molecule has 0 saturated carbocycles. The van der Waals surface area contributed by atoms with Crippen LogP contribution in [0.3, 0.4) is 0 Å². The Kier molecular flexibility index (Phi) is 10.8.